The molecule has 0 rings (SSSR count). The van der Waals surface area contributed by atoms with E-state index in [0.29, 0.717) is 0 Å². The van der Waals surface area contributed by atoms with Crippen LogP contribution in [0.3, 0.4) is 0 Å². The van der Waals surface area contributed by atoms with Gasteiger partial charge in [-0.2, -0.15) is 52.7 Å². The van der Waals surface area contributed by atoms with Crippen molar-refractivity contribution in [2.24, 2.45) is 0 Å². The molecule has 0 heterocycles. The molecule has 2 nitrogen and oxygen atoms in total. The third-order valence-electron chi connectivity index (χ3n) is 3.26. The Morgan fingerprint density at radius 2 is 0.571 bits per heavy atom. The Morgan fingerprint density at radius 1 is 0.393 bits per heavy atom. The first-order valence-corrected chi connectivity index (χ1v) is 6.15. The summed E-state index contributed by atoms with van der Waals surface area (Å²) in [6.07, 6.45) is -22.4. The summed E-state index contributed by atoms with van der Waals surface area (Å²) in [4.78, 5) is 0. The smallest absolute Gasteiger partial charge is 0.380 e. The van der Waals surface area contributed by atoms with Crippen LogP contribution in [0.5, 0.6) is 0 Å². The van der Waals surface area contributed by atoms with Crippen molar-refractivity contribution in [1.82, 2.24) is 0 Å². The molecule has 2 N–H and O–H groups in total. The topological polar surface area (TPSA) is 40.5 Å². The van der Waals surface area contributed by atoms with Crippen molar-refractivity contribution in [3.05, 3.63) is 0 Å². The minimum Gasteiger partial charge on any atom is -0.384 e. The monoisotopic (exact) mass is 462 g/mol. The molecule has 0 bridgehead atoms. The standard InChI is InChI=1S/C10H6F16O2/c11-3(12)7(19,20)9(23,24)5(15,16)1(27)2(28)6(17,18)10(25,26)8(21,22)4(13)14/h1-4,27-28H. The van der Waals surface area contributed by atoms with Crippen LogP contribution >= 0.6 is 0 Å². The van der Waals surface area contributed by atoms with E-state index in [9.17, 15) is 70.2 Å². The third-order valence-corrected chi connectivity index (χ3v) is 3.26. The fourth-order valence-electron chi connectivity index (χ4n) is 1.49. The molecular weight excluding hydrogens is 456 g/mol. The molecule has 0 spiro atoms. The van der Waals surface area contributed by atoms with E-state index in [1.54, 1.807) is 0 Å². The van der Waals surface area contributed by atoms with Crippen LogP contribution < -0.4 is 0 Å². The Kier molecular flexibility index (Phi) is 6.93. The van der Waals surface area contributed by atoms with Gasteiger partial charge >= 0.3 is 48.4 Å². The van der Waals surface area contributed by atoms with Crippen LogP contribution in [0, 0.1) is 0 Å². The number of halogens is 16. The number of aliphatic hydroxyl groups is 2. The van der Waals surface area contributed by atoms with Crippen molar-refractivity contribution in [2.45, 2.75) is 60.6 Å². The number of hydrogen-bond donors (Lipinski definition) is 2. The van der Waals surface area contributed by atoms with E-state index in [0.717, 1.165) is 0 Å². The first-order chi connectivity index (χ1) is 12.0. The lowest BCUT2D eigenvalue weighted by atomic mass is 9.89. The lowest BCUT2D eigenvalue weighted by Crippen LogP contribution is -2.70. The molecule has 0 fully saturated rings. The fraction of sp³-hybridized carbons (Fsp3) is 1.00. The van der Waals surface area contributed by atoms with Crippen LogP contribution in [0.2, 0.25) is 0 Å². The van der Waals surface area contributed by atoms with Gasteiger partial charge in [0.2, 0.25) is 0 Å². The van der Waals surface area contributed by atoms with E-state index >= 15 is 0 Å². The van der Waals surface area contributed by atoms with Crippen molar-refractivity contribution in [3.63, 3.8) is 0 Å². The van der Waals surface area contributed by atoms with Crippen LogP contribution in [0.25, 0.3) is 0 Å². The summed E-state index contributed by atoms with van der Waals surface area (Å²) in [7, 11) is 0. The molecule has 18 heteroatoms. The van der Waals surface area contributed by atoms with Crippen LogP contribution in [0.1, 0.15) is 0 Å². The Bertz CT molecular complexity index is 496. The van der Waals surface area contributed by atoms with Gasteiger partial charge in [-0.25, -0.2) is 17.6 Å². The second-order valence-corrected chi connectivity index (χ2v) is 5.13. The molecule has 0 aromatic heterocycles. The SMILES string of the molecule is OC(C(O)C(F)(F)C(F)(F)C(F)(F)C(F)F)C(F)(F)C(F)(F)C(F)(F)C(F)F. The molecule has 0 radical (unpaired) electrons. The first-order valence-electron chi connectivity index (χ1n) is 6.15. The molecule has 2 unspecified atom stereocenters. The molecule has 0 aliphatic rings. The molecular formula is C10H6F16O2. The van der Waals surface area contributed by atoms with Gasteiger partial charge in [0.15, 0.2) is 12.2 Å². The summed E-state index contributed by atoms with van der Waals surface area (Å²) in [6, 6.07) is 0. The van der Waals surface area contributed by atoms with Gasteiger partial charge in [-0.05, 0) is 0 Å². The summed E-state index contributed by atoms with van der Waals surface area (Å²) >= 11 is 0. The predicted octanol–water partition coefficient (Wildman–Crippen LogP) is 4.05. The van der Waals surface area contributed by atoms with Gasteiger partial charge in [0.25, 0.3) is 0 Å². The van der Waals surface area contributed by atoms with Crippen molar-refractivity contribution >= 4 is 0 Å². The average molecular weight is 462 g/mol. The fourth-order valence-corrected chi connectivity index (χ4v) is 1.49. The largest absolute Gasteiger partial charge is 0.384 e. The molecule has 0 saturated carbocycles. The summed E-state index contributed by atoms with van der Waals surface area (Å²) in [5, 5.41) is 17.1. The van der Waals surface area contributed by atoms with Crippen LogP contribution in [-0.2, 0) is 0 Å². The zero-order valence-electron chi connectivity index (χ0n) is 12.3. The number of rotatable bonds is 9. The summed E-state index contributed by atoms with van der Waals surface area (Å²) in [6.45, 7) is 0. The Labute approximate surface area is 142 Å². The number of aliphatic hydroxyl groups excluding tert-OH is 2. The summed E-state index contributed by atoms with van der Waals surface area (Å²) in [5.41, 5.74) is 0. The Balaban J connectivity index is 6.21. The molecule has 2 atom stereocenters. The van der Waals surface area contributed by atoms with Crippen molar-refractivity contribution in [3.8, 4) is 0 Å². The van der Waals surface area contributed by atoms with Gasteiger partial charge in [0, 0.05) is 0 Å². The van der Waals surface area contributed by atoms with E-state index in [1.807, 2.05) is 0 Å². The van der Waals surface area contributed by atoms with E-state index in [2.05, 4.69) is 0 Å². The van der Waals surface area contributed by atoms with Crippen LogP contribution in [0.4, 0.5) is 70.2 Å². The van der Waals surface area contributed by atoms with E-state index in [4.69, 9.17) is 10.2 Å². The van der Waals surface area contributed by atoms with E-state index in [1.165, 1.54) is 0 Å². The maximum atomic E-state index is 13.2. The molecule has 0 aliphatic heterocycles. The normalized spacial score (nSPS) is 18.0. The summed E-state index contributed by atoms with van der Waals surface area (Å²) < 4.78 is 202. The van der Waals surface area contributed by atoms with Gasteiger partial charge < -0.3 is 10.2 Å². The van der Waals surface area contributed by atoms with Gasteiger partial charge in [0.1, 0.15) is 0 Å². The molecule has 0 amide bonds. The van der Waals surface area contributed by atoms with E-state index < -0.39 is 60.6 Å². The van der Waals surface area contributed by atoms with Crippen molar-refractivity contribution in [1.29, 1.82) is 0 Å². The molecule has 0 aromatic carbocycles. The Morgan fingerprint density at radius 3 is 0.714 bits per heavy atom. The predicted molar refractivity (Wildman–Crippen MR) is 53.7 cm³/mol. The van der Waals surface area contributed by atoms with Gasteiger partial charge in [-0.15, -0.1) is 0 Å². The minimum atomic E-state index is -7.51. The van der Waals surface area contributed by atoms with Crippen molar-refractivity contribution < 1.29 is 80.5 Å². The first kappa shape index (κ1) is 26.8. The molecule has 170 valence electrons. The molecule has 28 heavy (non-hydrogen) atoms. The van der Waals surface area contributed by atoms with Gasteiger partial charge in [-0.3, -0.25) is 0 Å². The second kappa shape index (κ2) is 7.24. The zero-order chi connectivity index (χ0) is 23.3. The zero-order valence-corrected chi connectivity index (χ0v) is 12.3. The molecule has 0 aliphatic carbocycles. The second-order valence-electron chi connectivity index (χ2n) is 5.13. The van der Waals surface area contributed by atoms with Crippen LogP contribution in [0.15, 0.2) is 0 Å². The highest BCUT2D eigenvalue weighted by atomic mass is 19.4. The lowest BCUT2D eigenvalue weighted by Gasteiger charge is -2.40. The molecule has 0 saturated heterocycles. The lowest BCUT2D eigenvalue weighted by molar-refractivity contribution is -0.391. The maximum absolute atomic E-state index is 13.2. The van der Waals surface area contributed by atoms with Crippen molar-refractivity contribution in [2.75, 3.05) is 0 Å². The highest BCUT2D eigenvalue weighted by Gasteiger charge is 2.83. The van der Waals surface area contributed by atoms with E-state index in [-0.39, 0.29) is 0 Å². The number of hydrogen-bond acceptors (Lipinski definition) is 2. The summed E-state index contributed by atoms with van der Waals surface area (Å²) in [5.74, 6) is -43.8. The quantitative estimate of drug-likeness (QED) is 0.508. The average Bonchev–Trinajstić information content (AvgIpc) is 2.51. The van der Waals surface area contributed by atoms with Crippen LogP contribution in [-0.4, -0.2) is 70.8 Å². The molecule has 0 aromatic rings. The highest BCUT2D eigenvalue weighted by molar-refractivity contribution is 5.09. The Hall–Kier alpha value is -1.20. The number of alkyl halides is 16. The minimum absolute atomic E-state index is 5.53. The maximum Gasteiger partial charge on any atom is 0.380 e. The van der Waals surface area contributed by atoms with Gasteiger partial charge in [0.05, 0.1) is 0 Å². The van der Waals surface area contributed by atoms with Gasteiger partial charge in [-0.1, -0.05) is 0 Å². The third kappa shape index (κ3) is 3.56. The highest BCUT2D eigenvalue weighted by Crippen LogP contribution is 2.54.